The van der Waals surface area contributed by atoms with E-state index in [9.17, 15) is 0 Å². The van der Waals surface area contributed by atoms with Crippen LogP contribution in [-0.4, -0.2) is 20.8 Å². The summed E-state index contributed by atoms with van der Waals surface area (Å²) in [6.07, 6.45) is 4.25. The van der Waals surface area contributed by atoms with Gasteiger partial charge in [-0.15, -0.1) is 0 Å². The lowest BCUT2D eigenvalue weighted by molar-refractivity contribution is 0.354. The van der Waals surface area contributed by atoms with Crippen molar-refractivity contribution in [2.75, 3.05) is 20.8 Å². The van der Waals surface area contributed by atoms with Crippen LogP contribution in [0.1, 0.15) is 24.1 Å². The highest BCUT2D eigenvalue weighted by atomic mass is 16.5. The maximum Gasteiger partial charge on any atom is 0.161 e. The number of hydrogen-bond acceptors (Lipinski definition) is 3. The van der Waals surface area contributed by atoms with Crippen LogP contribution >= 0.6 is 0 Å². The minimum Gasteiger partial charge on any atom is -0.493 e. The van der Waals surface area contributed by atoms with Crippen molar-refractivity contribution in [2.45, 2.75) is 13.0 Å². The molecule has 0 aliphatic carbocycles. The molecule has 0 radical (unpaired) electrons. The van der Waals surface area contributed by atoms with Crippen molar-refractivity contribution in [3.8, 4) is 11.5 Å². The summed E-state index contributed by atoms with van der Waals surface area (Å²) >= 11 is 0. The maximum absolute atomic E-state index is 5.34. The molecule has 2 rings (SSSR count). The average Bonchev–Trinajstić information content (AvgIpc) is 2.58. The topological polar surface area (TPSA) is 30.5 Å². The van der Waals surface area contributed by atoms with Crippen molar-refractivity contribution in [1.29, 1.82) is 0 Å². The number of rotatable bonds is 7. The highest BCUT2D eigenvalue weighted by molar-refractivity contribution is 5.49. The molecule has 3 nitrogen and oxygen atoms in total. The summed E-state index contributed by atoms with van der Waals surface area (Å²) in [6, 6.07) is 16.5. The molecule has 1 N–H and O–H groups in total. The van der Waals surface area contributed by atoms with E-state index in [2.05, 4.69) is 42.6 Å². The summed E-state index contributed by atoms with van der Waals surface area (Å²) in [5, 5.41) is 3.47. The van der Waals surface area contributed by atoms with Crippen LogP contribution in [0.2, 0.25) is 0 Å². The molecule has 22 heavy (non-hydrogen) atoms. The fourth-order valence-electron chi connectivity index (χ4n) is 2.24. The Morgan fingerprint density at radius 3 is 2.41 bits per heavy atom. The smallest absolute Gasteiger partial charge is 0.161 e. The fourth-order valence-corrected chi connectivity index (χ4v) is 2.24. The molecule has 0 amide bonds. The molecule has 0 bridgehead atoms. The third-order valence-corrected chi connectivity index (χ3v) is 3.56. The third kappa shape index (κ3) is 4.37. The first-order chi connectivity index (χ1) is 10.7. The molecule has 0 saturated carbocycles. The van der Waals surface area contributed by atoms with Crippen molar-refractivity contribution in [3.05, 3.63) is 65.7 Å². The number of methoxy groups -OCH3 is 2. The van der Waals surface area contributed by atoms with E-state index in [1.165, 1.54) is 11.1 Å². The quantitative estimate of drug-likeness (QED) is 0.835. The van der Waals surface area contributed by atoms with Gasteiger partial charge in [-0.3, -0.25) is 0 Å². The van der Waals surface area contributed by atoms with Gasteiger partial charge in [0.25, 0.3) is 0 Å². The van der Waals surface area contributed by atoms with E-state index in [4.69, 9.17) is 9.47 Å². The number of nitrogens with one attached hydrogen (secondary N) is 1. The molecule has 0 aliphatic rings. The Morgan fingerprint density at radius 1 is 1.00 bits per heavy atom. The van der Waals surface area contributed by atoms with E-state index in [0.717, 1.165) is 18.0 Å². The SMILES string of the molecule is COc1ccc(C(C)NC/C=C/c2ccccc2)cc1OC. The number of hydrogen-bond donors (Lipinski definition) is 1. The van der Waals surface area contributed by atoms with E-state index in [1.807, 2.05) is 30.3 Å². The molecular formula is C19H23NO2. The van der Waals surface area contributed by atoms with Crippen molar-refractivity contribution < 1.29 is 9.47 Å². The van der Waals surface area contributed by atoms with E-state index in [1.54, 1.807) is 14.2 Å². The lowest BCUT2D eigenvalue weighted by Crippen LogP contribution is -2.18. The standard InChI is InChI=1S/C19H23NO2/c1-15(17-11-12-18(21-2)19(14-17)22-3)20-13-7-10-16-8-5-4-6-9-16/h4-12,14-15,20H,13H2,1-3H3/b10-7+. The van der Waals surface area contributed by atoms with Crippen LogP contribution in [0.25, 0.3) is 6.08 Å². The van der Waals surface area contributed by atoms with Gasteiger partial charge in [0.15, 0.2) is 11.5 Å². The van der Waals surface area contributed by atoms with Gasteiger partial charge >= 0.3 is 0 Å². The van der Waals surface area contributed by atoms with Gasteiger partial charge in [0.05, 0.1) is 14.2 Å². The van der Waals surface area contributed by atoms with E-state index >= 15 is 0 Å². The molecule has 0 spiro atoms. The Kier molecular flexibility index (Phi) is 6.04. The first kappa shape index (κ1) is 16.1. The Labute approximate surface area is 132 Å². The lowest BCUT2D eigenvalue weighted by atomic mass is 10.1. The summed E-state index contributed by atoms with van der Waals surface area (Å²) in [6.45, 7) is 2.95. The Balaban J connectivity index is 1.92. The molecule has 3 heteroatoms. The second-order valence-corrected chi connectivity index (χ2v) is 5.06. The normalized spacial score (nSPS) is 12.3. The van der Waals surface area contributed by atoms with Crippen molar-refractivity contribution in [2.24, 2.45) is 0 Å². The van der Waals surface area contributed by atoms with E-state index < -0.39 is 0 Å². The van der Waals surface area contributed by atoms with Crippen molar-refractivity contribution in [1.82, 2.24) is 5.32 Å². The van der Waals surface area contributed by atoms with Crippen LogP contribution in [0.5, 0.6) is 11.5 Å². The largest absolute Gasteiger partial charge is 0.493 e. The number of benzene rings is 2. The predicted molar refractivity (Wildman–Crippen MR) is 91.4 cm³/mol. The molecule has 1 atom stereocenters. The van der Waals surface area contributed by atoms with Gasteiger partial charge in [-0.1, -0.05) is 48.6 Å². The summed E-state index contributed by atoms with van der Waals surface area (Å²) in [5.41, 5.74) is 2.38. The average molecular weight is 297 g/mol. The van der Waals surface area contributed by atoms with Gasteiger partial charge in [-0.2, -0.15) is 0 Å². The zero-order valence-electron chi connectivity index (χ0n) is 13.4. The van der Waals surface area contributed by atoms with Crippen LogP contribution in [0, 0.1) is 0 Å². The predicted octanol–water partition coefficient (Wildman–Crippen LogP) is 4.07. The van der Waals surface area contributed by atoms with E-state index in [-0.39, 0.29) is 6.04 Å². The second kappa shape index (κ2) is 8.25. The van der Waals surface area contributed by atoms with Gasteiger partial charge in [-0.05, 0) is 30.2 Å². The Hall–Kier alpha value is -2.26. The van der Waals surface area contributed by atoms with Crippen LogP contribution in [0.4, 0.5) is 0 Å². The van der Waals surface area contributed by atoms with Gasteiger partial charge in [-0.25, -0.2) is 0 Å². The molecule has 0 heterocycles. The van der Waals surface area contributed by atoms with Gasteiger partial charge < -0.3 is 14.8 Å². The summed E-state index contributed by atoms with van der Waals surface area (Å²) in [7, 11) is 3.30. The molecular weight excluding hydrogens is 274 g/mol. The molecule has 116 valence electrons. The molecule has 0 aliphatic heterocycles. The molecule has 0 aromatic heterocycles. The minimum absolute atomic E-state index is 0.236. The highest BCUT2D eigenvalue weighted by Gasteiger charge is 2.09. The first-order valence-electron chi connectivity index (χ1n) is 7.41. The molecule has 1 unspecified atom stereocenters. The number of ether oxygens (including phenoxy) is 2. The maximum atomic E-state index is 5.34. The van der Waals surface area contributed by atoms with Gasteiger partial charge in [0.2, 0.25) is 0 Å². The Morgan fingerprint density at radius 2 is 1.73 bits per heavy atom. The van der Waals surface area contributed by atoms with Crippen LogP contribution < -0.4 is 14.8 Å². The Bertz CT molecular complexity index is 608. The first-order valence-corrected chi connectivity index (χ1v) is 7.41. The summed E-state index contributed by atoms with van der Waals surface area (Å²) in [4.78, 5) is 0. The monoisotopic (exact) mass is 297 g/mol. The zero-order valence-corrected chi connectivity index (χ0v) is 13.4. The summed E-state index contributed by atoms with van der Waals surface area (Å²) < 4.78 is 10.6. The molecule has 0 fully saturated rings. The summed E-state index contributed by atoms with van der Waals surface area (Å²) in [5.74, 6) is 1.51. The van der Waals surface area contributed by atoms with Gasteiger partial charge in [0, 0.05) is 12.6 Å². The molecule has 2 aromatic rings. The fraction of sp³-hybridized carbons (Fsp3) is 0.263. The molecule has 2 aromatic carbocycles. The molecule has 0 saturated heterocycles. The third-order valence-electron chi connectivity index (χ3n) is 3.56. The van der Waals surface area contributed by atoms with Crippen molar-refractivity contribution in [3.63, 3.8) is 0 Å². The van der Waals surface area contributed by atoms with Crippen LogP contribution in [-0.2, 0) is 0 Å². The van der Waals surface area contributed by atoms with Crippen molar-refractivity contribution >= 4 is 6.08 Å². The minimum atomic E-state index is 0.236. The van der Waals surface area contributed by atoms with E-state index in [0.29, 0.717) is 0 Å². The van der Waals surface area contributed by atoms with Gasteiger partial charge in [0.1, 0.15) is 0 Å². The lowest BCUT2D eigenvalue weighted by Gasteiger charge is -2.15. The zero-order chi connectivity index (χ0) is 15.8. The van der Waals surface area contributed by atoms with Crippen LogP contribution in [0.15, 0.2) is 54.6 Å². The second-order valence-electron chi connectivity index (χ2n) is 5.06. The highest BCUT2D eigenvalue weighted by Crippen LogP contribution is 2.29. The van der Waals surface area contributed by atoms with Crippen LogP contribution in [0.3, 0.4) is 0 Å².